The van der Waals surface area contributed by atoms with Gasteiger partial charge >= 0.3 is 0 Å². The minimum atomic E-state index is -0.311. The molecule has 0 saturated heterocycles. The zero-order valence-corrected chi connectivity index (χ0v) is 19.5. The largest absolute Gasteiger partial charge is 0.484 e. The van der Waals surface area contributed by atoms with E-state index in [-0.39, 0.29) is 30.9 Å². The molecule has 0 aliphatic heterocycles. The van der Waals surface area contributed by atoms with Crippen molar-refractivity contribution < 1.29 is 23.5 Å². The molecule has 0 spiro atoms. The molecule has 1 aliphatic carbocycles. The number of benzene rings is 2. The molecule has 3 amide bonds. The van der Waals surface area contributed by atoms with Gasteiger partial charge in [-0.2, -0.15) is 0 Å². The van der Waals surface area contributed by atoms with Crippen molar-refractivity contribution in [3.8, 4) is 5.75 Å². The van der Waals surface area contributed by atoms with Crippen molar-refractivity contribution in [3.05, 3.63) is 53.8 Å². The van der Waals surface area contributed by atoms with Gasteiger partial charge in [0.25, 0.3) is 5.91 Å². The lowest BCUT2D eigenvalue weighted by atomic mass is 9.96. The van der Waals surface area contributed by atoms with Crippen molar-refractivity contribution in [2.24, 2.45) is 0 Å². The number of aryl methyl sites for hydroxylation is 2. The molecular formula is C26H29N3O5. The topological polar surface area (TPSA) is 101 Å². The van der Waals surface area contributed by atoms with E-state index in [1.54, 1.807) is 30.3 Å². The van der Waals surface area contributed by atoms with Crippen molar-refractivity contribution in [1.82, 2.24) is 4.90 Å². The lowest BCUT2D eigenvalue weighted by Gasteiger charge is -2.20. The molecule has 1 aliphatic rings. The van der Waals surface area contributed by atoms with Crippen molar-refractivity contribution >= 4 is 40.1 Å². The summed E-state index contributed by atoms with van der Waals surface area (Å²) in [5.74, 6) is 0.916. The molecule has 3 aromatic rings. The van der Waals surface area contributed by atoms with Gasteiger partial charge in [0, 0.05) is 42.2 Å². The van der Waals surface area contributed by atoms with Gasteiger partial charge in [0.05, 0.1) is 6.54 Å². The second-order valence-corrected chi connectivity index (χ2v) is 8.37. The number of hydrogen-bond donors (Lipinski definition) is 2. The highest BCUT2D eigenvalue weighted by Crippen LogP contribution is 2.33. The molecular weight excluding hydrogens is 434 g/mol. The average Bonchev–Trinajstić information content (AvgIpc) is 3.20. The van der Waals surface area contributed by atoms with Crippen LogP contribution in [0.5, 0.6) is 5.75 Å². The first-order valence-corrected chi connectivity index (χ1v) is 11.6. The number of hydrogen-bond acceptors (Lipinski definition) is 5. The number of carbonyl (C=O) groups excluding carboxylic acids is 3. The first-order chi connectivity index (χ1) is 16.4. The molecule has 0 radical (unpaired) electrons. The molecule has 0 atom stereocenters. The zero-order chi connectivity index (χ0) is 24.1. The summed E-state index contributed by atoms with van der Waals surface area (Å²) in [7, 11) is 0. The smallest absolute Gasteiger partial charge is 0.260 e. The summed E-state index contributed by atoms with van der Waals surface area (Å²) < 4.78 is 11.7. The third kappa shape index (κ3) is 5.57. The number of furan rings is 1. The first-order valence-electron chi connectivity index (χ1n) is 11.6. The highest BCUT2D eigenvalue weighted by Gasteiger charge is 2.19. The summed E-state index contributed by atoms with van der Waals surface area (Å²) >= 11 is 0. The predicted octanol–water partition coefficient (Wildman–Crippen LogP) is 4.14. The fourth-order valence-corrected chi connectivity index (χ4v) is 4.16. The van der Waals surface area contributed by atoms with Gasteiger partial charge in [-0.05, 0) is 68.7 Å². The van der Waals surface area contributed by atoms with Gasteiger partial charge in [0.15, 0.2) is 6.61 Å². The Bertz CT molecular complexity index is 1200. The molecule has 178 valence electrons. The predicted molar refractivity (Wildman–Crippen MR) is 130 cm³/mol. The van der Waals surface area contributed by atoms with E-state index in [1.165, 1.54) is 17.4 Å². The summed E-state index contributed by atoms with van der Waals surface area (Å²) in [5, 5.41) is 6.49. The van der Waals surface area contributed by atoms with Crippen LogP contribution in [0.15, 0.2) is 46.9 Å². The standard InChI is InChI=1S/C26H29N3O5/c1-3-29(15-25(31)28-19-10-8-18(9-11-19)27-17(2)30)26(32)16-33-20-12-13-24-22(14-20)21-6-4-5-7-23(21)34-24/h8-14H,3-7,15-16H2,1-2H3,(H,27,30)(H,28,31). The molecule has 0 saturated carbocycles. The molecule has 8 nitrogen and oxygen atoms in total. The quantitative estimate of drug-likeness (QED) is 0.523. The van der Waals surface area contributed by atoms with Crippen molar-refractivity contribution in [2.75, 3.05) is 30.3 Å². The van der Waals surface area contributed by atoms with E-state index in [9.17, 15) is 14.4 Å². The fourth-order valence-electron chi connectivity index (χ4n) is 4.16. The summed E-state index contributed by atoms with van der Waals surface area (Å²) in [6, 6.07) is 12.4. The average molecular weight is 464 g/mol. The van der Waals surface area contributed by atoms with E-state index in [1.807, 2.05) is 19.1 Å². The second-order valence-electron chi connectivity index (χ2n) is 8.37. The van der Waals surface area contributed by atoms with E-state index in [0.717, 1.165) is 42.4 Å². The zero-order valence-electron chi connectivity index (χ0n) is 19.5. The molecule has 1 heterocycles. The van der Waals surface area contributed by atoms with Gasteiger partial charge in [0.2, 0.25) is 11.8 Å². The molecule has 0 unspecified atom stereocenters. The number of likely N-dealkylation sites (N-methyl/N-ethyl adjacent to an activating group) is 1. The maximum Gasteiger partial charge on any atom is 0.260 e. The summed E-state index contributed by atoms with van der Waals surface area (Å²) in [5.41, 5.74) is 3.32. The minimum absolute atomic E-state index is 0.0829. The Hall–Kier alpha value is -3.81. The molecule has 0 fully saturated rings. The highest BCUT2D eigenvalue weighted by atomic mass is 16.5. The Morgan fingerprint density at radius 3 is 2.41 bits per heavy atom. The SMILES string of the molecule is CCN(CC(=O)Nc1ccc(NC(C)=O)cc1)C(=O)COc1ccc2oc3c(c2c1)CCCC3. The second kappa shape index (κ2) is 10.4. The first kappa shape index (κ1) is 23.4. The number of ether oxygens (including phenoxy) is 1. The number of carbonyl (C=O) groups is 3. The minimum Gasteiger partial charge on any atom is -0.484 e. The summed E-state index contributed by atoms with van der Waals surface area (Å²) in [6.07, 6.45) is 4.26. The molecule has 0 bridgehead atoms. The van der Waals surface area contributed by atoms with E-state index in [4.69, 9.17) is 9.15 Å². The third-order valence-corrected chi connectivity index (χ3v) is 5.85. The number of fused-ring (bicyclic) bond motifs is 3. The number of amides is 3. The van der Waals surface area contributed by atoms with Crippen LogP contribution in [0.4, 0.5) is 11.4 Å². The highest BCUT2D eigenvalue weighted by molar-refractivity contribution is 5.95. The van der Waals surface area contributed by atoms with E-state index < -0.39 is 0 Å². The van der Waals surface area contributed by atoms with Crippen molar-refractivity contribution in [2.45, 2.75) is 39.5 Å². The molecule has 8 heteroatoms. The molecule has 34 heavy (non-hydrogen) atoms. The van der Waals surface area contributed by atoms with Crippen LogP contribution in [0.1, 0.15) is 38.0 Å². The maximum absolute atomic E-state index is 12.7. The Labute approximate surface area is 198 Å². The molecule has 2 aromatic carbocycles. The molecule has 1 aromatic heterocycles. The van der Waals surface area contributed by atoms with Gasteiger partial charge in [-0.25, -0.2) is 0 Å². The number of nitrogens with one attached hydrogen (secondary N) is 2. The van der Waals surface area contributed by atoms with Gasteiger partial charge in [-0.3, -0.25) is 14.4 Å². The van der Waals surface area contributed by atoms with Crippen LogP contribution in [0.3, 0.4) is 0 Å². The van der Waals surface area contributed by atoms with Gasteiger partial charge in [0.1, 0.15) is 17.1 Å². The number of anilines is 2. The Morgan fingerprint density at radius 2 is 1.71 bits per heavy atom. The Kier molecular flexibility index (Phi) is 7.15. The third-order valence-electron chi connectivity index (χ3n) is 5.85. The Morgan fingerprint density at radius 1 is 1.00 bits per heavy atom. The summed E-state index contributed by atoms with van der Waals surface area (Å²) in [6.45, 7) is 3.39. The van der Waals surface area contributed by atoms with Crippen LogP contribution in [-0.4, -0.2) is 42.3 Å². The maximum atomic E-state index is 12.7. The van der Waals surface area contributed by atoms with Crippen LogP contribution in [0.25, 0.3) is 11.0 Å². The van der Waals surface area contributed by atoms with Crippen LogP contribution < -0.4 is 15.4 Å². The fraction of sp³-hybridized carbons (Fsp3) is 0.346. The lowest BCUT2D eigenvalue weighted by Crippen LogP contribution is -2.40. The van der Waals surface area contributed by atoms with Crippen molar-refractivity contribution in [1.29, 1.82) is 0 Å². The van der Waals surface area contributed by atoms with Gasteiger partial charge < -0.3 is 24.7 Å². The normalized spacial score (nSPS) is 12.6. The Balaban J connectivity index is 1.32. The van der Waals surface area contributed by atoms with Gasteiger partial charge in [-0.15, -0.1) is 0 Å². The van der Waals surface area contributed by atoms with Crippen molar-refractivity contribution in [3.63, 3.8) is 0 Å². The van der Waals surface area contributed by atoms with E-state index in [2.05, 4.69) is 10.6 Å². The van der Waals surface area contributed by atoms with Crippen LogP contribution in [0, 0.1) is 0 Å². The van der Waals surface area contributed by atoms with Crippen LogP contribution >= 0.6 is 0 Å². The summed E-state index contributed by atoms with van der Waals surface area (Å²) in [4.78, 5) is 37.7. The van der Waals surface area contributed by atoms with Crippen LogP contribution in [-0.2, 0) is 27.2 Å². The van der Waals surface area contributed by atoms with E-state index >= 15 is 0 Å². The number of rotatable bonds is 8. The van der Waals surface area contributed by atoms with E-state index in [0.29, 0.717) is 23.7 Å². The number of nitrogens with zero attached hydrogens (tertiary/aromatic N) is 1. The van der Waals surface area contributed by atoms with Crippen LogP contribution in [0.2, 0.25) is 0 Å². The molecule has 2 N–H and O–H groups in total. The molecule has 4 rings (SSSR count). The monoisotopic (exact) mass is 463 g/mol. The lowest BCUT2D eigenvalue weighted by molar-refractivity contribution is -0.136. The van der Waals surface area contributed by atoms with Gasteiger partial charge in [-0.1, -0.05) is 0 Å².